The highest BCUT2D eigenvalue weighted by molar-refractivity contribution is 5.35. The minimum absolute atomic E-state index is 0.495. The van der Waals surface area contributed by atoms with Crippen LogP contribution in [0.5, 0.6) is 5.75 Å². The fraction of sp³-hybridized carbons (Fsp3) is 0.588. The van der Waals surface area contributed by atoms with Crippen LogP contribution < -0.4 is 10.5 Å². The summed E-state index contributed by atoms with van der Waals surface area (Å²) in [5, 5.41) is 9.03. The largest absolute Gasteiger partial charge is 0.493 e. The van der Waals surface area contributed by atoms with E-state index in [9.17, 15) is 0 Å². The van der Waals surface area contributed by atoms with E-state index < -0.39 is 5.54 Å². The van der Waals surface area contributed by atoms with E-state index in [0.29, 0.717) is 25.4 Å². The number of ether oxygens (including phenoxy) is 1. The zero-order valence-electron chi connectivity index (χ0n) is 12.9. The average Bonchev–Trinajstić information content (AvgIpc) is 2.51. The Morgan fingerprint density at radius 2 is 2.05 bits per heavy atom. The van der Waals surface area contributed by atoms with Gasteiger partial charge in [0.25, 0.3) is 0 Å². The van der Waals surface area contributed by atoms with Gasteiger partial charge in [0.05, 0.1) is 12.7 Å². The standard InChI is InChI=1S/C17H26N2O/c1-4-14(3)15-9-6-7-10-16(15)20-12-8-11-17(19,5-2)13-18/h6-7,9-10,14H,4-5,8,11-12,19H2,1-3H3. The van der Waals surface area contributed by atoms with Gasteiger partial charge in [-0.05, 0) is 43.2 Å². The average molecular weight is 274 g/mol. The molecule has 0 spiro atoms. The van der Waals surface area contributed by atoms with Gasteiger partial charge in [0.1, 0.15) is 11.3 Å². The Balaban J connectivity index is 2.53. The lowest BCUT2D eigenvalue weighted by Crippen LogP contribution is -2.37. The molecule has 2 atom stereocenters. The summed E-state index contributed by atoms with van der Waals surface area (Å²) in [6.45, 7) is 6.94. The van der Waals surface area contributed by atoms with Crippen molar-refractivity contribution in [2.75, 3.05) is 6.61 Å². The first-order valence-electron chi connectivity index (χ1n) is 7.48. The minimum Gasteiger partial charge on any atom is -0.493 e. The first-order valence-corrected chi connectivity index (χ1v) is 7.48. The molecule has 1 rings (SSSR count). The Labute approximate surface area is 122 Å². The summed E-state index contributed by atoms with van der Waals surface area (Å²) in [7, 11) is 0. The van der Waals surface area contributed by atoms with Crippen LogP contribution in [0.2, 0.25) is 0 Å². The number of para-hydroxylation sites is 1. The Bertz CT molecular complexity index is 453. The Hall–Kier alpha value is -1.53. The molecule has 3 nitrogen and oxygen atoms in total. The van der Waals surface area contributed by atoms with Crippen molar-refractivity contribution in [1.82, 2.24) is 0 Å². The number of nitrogens with two attached hydrogens (primary N) is 1. The smallest absolute Gasteiger partial charge is 0.122 e. The molecule has 0 saturated heterocycles. The second kappa shape index (κ2) is 7.91. The van der Waals surface area contributed by atoms with Gasteiger partial charge in [-0.15, -0.1) is 0 Å². The molecule has 0 saturated carbocycles. The van der Waals surface area contributed by atoms with Crippen LogP contribution in [0.25, 0.3) is 0 Å². The molecular formula is C17H26N2O. The molecule has 0 amide bonds. The van der Waals surface area contributed by atoms with Crippen molar-refractivity contribution in [2.45, 2.75) is 57.9 Å². The van der Waals surface area contributed by atoms with Crippen molar-refractivity contribution >= 4 is 0 Å². The molecule has 3 heteroatoms. The van der Waals surface area contributed by atoms with E-state index >= 15 is 0 Å². The summed E-state index contributed by atoms with van der Waals surface area (Å²) in [5.41, 5.74) is 6.50. The van der Waals surface area contributed by atoms with Gasteiger partial charge < -0.3 is 10.5 Å². The van der Waals surface area contributed by atoms with Crippen LogP contribution in [0.15, 0.2) is 24.3 Å². The molecule has 1 aromatic rings. The molecule has 0 aliphatic carbocycles. The van der Waals surface area contributed by atoms with E-state index in [1.54, 1.807) is 0 Å². The maximum absolute atomic E-state index is 9.03. The summed E-state index contributed by atoms with van der Waals surface area (Å²) in [6, 6.07) is 10.4. The predicted molar refractivity (Wildman–Crippen MR) is 82.7 cm³/mol. The van der Waals surface area contributed by atoms with E-state index in [-0.39, 0.29) is 0 Å². The third-order valence-electron chi connectivity index (χ3n) is 3.94. The van der Waals surface area contributed by atoms with E-state index in [4.69, 9.17) is 15.7 Å². The third-order valence-corrected chi connectivity index (χ3v) is 3.94. The SMILES string of the molecule is CCC(C)c1ccccc1OCCCC(N)(C#N)CC. The summed E-state index contributed by atoms with van der Waals surface area (Å²) in [6.07, 6.45) is 3.24. The van der Waals surface area contributed by atoms with Crippen molar-refractivity contribution in [3.63, 3.8) is 0 Å². The Morgan fingerprint density at radius 3 is 2.65 bits per heavy atom. The molecule has 0 bridgehead atoms. The van der Waals surface area contributed by atoms with Crippen LogP contribution in [-0.2, 0) is 0 Å². The minimum atomic E-state index is -0.709. The van der Waals surface area contributed by atoms with Crippen LogP contribution in [0.3, 0.4) is 0 Å². The van der Waals surface area contributed by atoms with Crippen molar-refractivity contribution in [3.05, 3.63) is 29.8 Å². The molecule has 0 fully saturated rings. The van der Waals surface area contributed by atoms with Gasteiger partial charge in [0.15, 0.2) is 0 Å². The van der Waals surface area contributed by atoms with Gasteiger partial charge in [-0.3, -0.25) is 0 Å². The van der Waals surface area contributed by atoms with Crippen molar-refractivity contribution < 1.29 is 4.74 Å². The quantitative estimate of drug-likeness (QED) is 0.729. The lowest BCUT2D eigenvalue weighted by molar-refractivity contribution is 0.287. The van der Waals surface area contributed by atoms with E-state index in [0.717, 1.165) is 18.6 Å². The molecular weight excluding hydrogens is 248 g/mol. The molecule has 110 valence electrons. The van der Waals surface area contributed by atoms with Gasteiger partial charge in [0.2, 0.25) is 0 Å². The van der Waals surface area contributed by atoms with Gasteiger partial charge in [-0.1, -0.05) is 39.0 Å². The van der Waals surface area contributed by atoms with E-state index in [1.165, 1.54) is 5.56 Å². The molecule has 0 radical (unpaired) electrons. The maximum Gasteiger partial charge on any atom is 0.122 e. The second-order valence-electron chi connectivity index (χ2n) is 5.42. The van der Waals surface area contributed by atoms with Crippen molar-refractivity contribution in [3.8, 4) is 11.8 Å². The first kappa shape index (κ1) is 16.5. The third kappa shape index (κ3) is 4.54. The van der Waals surface area contributed by atoms with Crippen LogP contribution in [0.4, 0.5) is 0 Å². The Morgan fingerprint density at radius 1 is 1.35 bits per heavy atom. The summed E-state index contributed by atoms with van der Waals surface area (Å²) in [5.74, 6) is 1.45. The monoisotopic (exact) mass is 274 g/mol. The van der Waals surface area contributed by atoms with E-state index in [1.807, 2.05) is 25.1 Å². The van der Waals surface area contributed by atoms with Crippen LogP contribution >= 0.6 is 0 Å². The highest BCUT2D eigenvalue weighted by atomic mass is 16.5. The summed E-state index contributed by atoms with van der Waals surface area (Å²) in [4.78, 5) is 0. The fourth-order valence-electron chi connectivity index (χ4n) is 2.12. The van der Waals surface area contributed by atoms with Crippen molar-refractivity contribution in [2.24, 2.45) is 5.73 Å². The van der Waals surface area contributed by atoms with Crippen molar-refractivity contribution in [1.29, 1.82) is 5.26 Å². The van der Waals surface area contributed by atoms with Gasteiger partial charge >= 0.3 is 0 Å². The molecule has 2 unspecified atom stereocenters. The normalized spacial score (nSPS) is 15.2. The molecule has 1 aromatic carbocycles. The number of hydrogen-bond acceptors (Lipinski definition) is 3. The van der Waals surface area contributed by atoms with Crippen LogP contribution in [-0.4, -0.2) is 12.1 Å². The van der Waals surface area contributed by atoms with Crippen LogP contribution in [0, 0.1) is 11.3 Å². The zero-order chi connectivity index (χ0) is 15.0. The summed E-state index contributed by atoms with van der Waals surface area (Å²) < 4.78 is 5.88. The topological polar surface area (TPSA) is 59.0 Å². The zero-order valence-corrected chi connectivity index (χ0v) is 12.9. The molecule has 0 aromatic heterocycles. The molecule has 0 aliphatic heterocycles. The fourth-order valence-corrected chi connectivity index (χ4v) is 2.12. The number of benzene rings is 1. The number of rotatable bonds is 8. The maximum atomic E-state index is 9.03. The number of nitrogens with zero attached hydrogens (tertiary/aromatic N) is 1. The lowest BCUT2D eigenvalue weighted by Gasteiger charge is -2.20. The number of nitriles is 1. The highest BCUT2D eigenvalue weighted by Gasteiger charge is 2.21. The van der Waals surface area contributed by atoms with Crippen LogP contribution in [0.1, 0.15) is 57.9 Å². The van der Waals surface area contributed by atoms with Gasteiger partial charge in [-0.2, -0.15) is 5.26 Å². The molecule has 20 heavy (non-hydrogen) atoms. The van der Waals surface area contributed by atoms with Gasteiger partial charge in [0, 0.05) is 0 Å². The predicted octanol–water partition coefficient (Wildman–Crippen LogP) is 3.99. The molecule has 2 N–H and O–H groups in total. The van der Waals surface area contributed by atoms with Gasteiger partial charge in [-0.25, -0.2) is 0 Å². The number of hydrogen-bond donors (Lipinski definition) is 1. The second-order valence-corrected chi connectivity index (χ2v) is 5.42. The first-order chi connectivity index (χ1) is 9.56. The summed E-state index contributed by atoms with van der Waals surface area (Å²) >= 11 is 0. The van der Waals surface area contributed by atoms with E-state index in [2.05, 4.69) is 26.0 Å². The molecule has 0 aliphatic rings. The molecule has 0 heterocycles. The lowest BCUT2D eigenvalue weighted by atomic mass is 9.94. The highest BCUT2D eigenvalue weighted by Crippen LogP contribution is 2.28. The Kier molecular flexibility index (Phi) is 6.54.